The van der Waals surface area contributed by atoms with Gasteiger partial charge in [-0.3, -0.25) is 4.79 Å². The van der Waals surface area contributed by atoms with Gasteiger partial charge in [0.25, 0.3) is 5.91 Å². The van der Waals surface area contributed by atoms with Gasteiger partial charge in [0.05, 0.1) is 11.8 Å². The van der Waals surface area contributed by atoms with Gasteiger partial charge in [-0.25, -0.2) is 0 Å². The summed E-state index contributed by atoms with van der Waals surface area (Å²) in [5, 5.41) is 8.85. The SMILES string of the molecule is N#CCC1(CN2C(=O)COc3ccccc32)CC1. The molecule has 3 rings (SSSR count). The van der Waals surface area contributed by atoms with Crippen LogP contribution in [0.15, 0.2) is 24.3 Å². The van der Waals surface area contributed by atoms with Crippen LogP contribution in [0.25, 0.3) is 0 Å². The van der Waals surface area contributed by atoms with Crippen LogP contribution in [0.1, 0.15) is 19.3 Å². The van der Waals surface area contributed by atoms with Crippen molar-refractivity contribution in [2.75, 3.05) is 18.1 Å². The zero-order valence-corrected chi connectivity index (χ0v) is 10.1. The summed E-state index contributed by atoms with van der Waals surface area (Å²) in [7, 11) is 0. The van der Waals surface area contributed by atoms with Gasteiger partial charge in [-0.1, -0.05) is 12.1 Å². The number of fused-ring (bicyclic) bond motifs is 1. The summed E-state index contributed by atoms with van der Waals surface area (Å²) in [5.74, 6) is 0.739. The van der Waals surface area contributed by atoms with Crippen molar-refractivity contribution < 1.29 is 9.53 Å². The lowest BCUT2D eigenvalue weighted by atomic mass is 10.0. The van der Waals surface area contributed by atoms with Crippen LogP contribution in [-0.2, 0) is 4.79 Å². The maximum atomic E-state index is 12.0. The van der Waals surface area contributed by atoms with E-state index in [0.717, 1.165) is 24.3 Å². The number of nitriles is 1. The maximum absolute atomic E-state index is 12.0. The molecule has 0 unspecified atom stereocenters. The number of carbonyl (C=O) groups excluding carboxylic acids is 1. The van der Waals surface area contributed by atoms with E-state index < -0.39 is 0 Å². The summed E-state index contributed by atoms with van der Waals surface area (Å²) >= 11 is 0. The fraction of sp³-hybridized carbons (Fsp3) is 0.429. The van der Waals surface area contributed by atoms with E-state index in [2.05, 4.69) is 6.07 Å². The molecule has 0 aromatic heterocycles. The Labute approximate surface area is 106 Å². The fourth-order valence-corrected chi connectivity index (χ4v) is 2.40. The summed E-state index contributed by atoms with van der Waals surface area (Å²) in [5.41, 5.74) is 0.854. The number of anilines is 1. The molecule has 1 amide bonds. The maximum Gasteiger partial charge on any atom is 0.265 e. The van der Waals surface area contributed by atoms with Crippen molar-refractivity contribution in [2.45, 2.75) is 19.3 Å². The fourth-order valence-electron chi connectivity index (χ4n) is 2.40. The van der Waals surface area contributed by atoms with Crippen LogP contribution in [-0.4, -0.2) is 19.1 Å². The largest absolute Gasteiger partial charge is 0.482 e. The Morgan fingerprint density at radius 1 is 1.39 bits per heavy atom. The summed E-state index contributed by atoms with van der Waals surface area (Å²) in [4.78, 5) is 13.8. The molecule has 4 nitrogen and oxygen atoms in total. The molecule has 92 valence electrons. The first-order valence-electron chi connectivity index (χ1n) is 6.13. The molecule has 2 aliphatic rings. The molecule has 1 aromatic rings. The minimum absolute atomic E-state index is 0.0158. The van der Waals surface area contributed by atoms with Crippen molar-refractivity contribution in [1.29, 1.82) is 5.26 Å². The van der Waals surface area contributed by atoms with Gasteiger partial charge in [0.2, 0.25) is 0 Å². The minimum atomic E-state index is -0.0158. The number of para-hydroxylation sites is 2. The highest BCUT2D eigenvalue weighted by atomic mass is 16.5. The van der Waals surface area contributed by atoms with Crippen LogP contribution in [0, 0.1) is 16.7 Å². The molecule has 1 aliphatic carbocycles. The molecule has 0 N–H and O–H groups in total. The number of ether oxygens (including phenoxy) is 1. The third-order valence-electron chi connectivity index (χ3n) is 3.71. The smallest absolute Gasteiger partial charge is 0.265 e. The van der Waals surface area contributed by atoms with Crippen molar-refractivity contribution >= 4 is 11.6 Å². The van der Waals surface area contributed by atoms with Crippen molar-refractivity contribution in [1.82, 2.24) is 0 Å². The molecular weight excluding hydrogens is 228 g/mol. The molecule has 0 saturated heterocycles. The highest BCUT2D eigenvalue weighted by Crippen LogP contribution is 2.50. The zero-order chi connectivity index (χ0) is 12.6. The Bertz CT molecular complexity index is 529. The second kappa shape index (κ2) is 4.02. The van der Waals surface area contributed by atoms with Gasteiger partial charge in [0.1, 0.15) is 5.75 Å². The molecule has 1 heterocycles. The van der Waals surface area contributed by atoms with Crippen LogP contribution < -0.4 is 9.64 Å². The zero-order valence-electron chi connectivity index (χ0n) is 10.1. The van der Waals surface area contributed by atoms with Gasteiger partial charge in [0, 0.05) is 18.4 Å². The van der Waals surface area contributed by atoms with E-state index in [1.807, 2.05) is 24.3 Å². The van der Waals surface area contributed by atoms with E-state index in [9.17, 15) is 4.79 Å². The number of hydrogen-bond donors (Lipinski definition) is 0. The van der Waals surface area contributed by atoms with Gasteiger partial charge in [-0.05, 0) is 25.0 Å². The Hall–Kier alpha value is -2.02. The number of amides is 1. The Kier molecular flexibility index (Phi) is 2.48. The molecule has 0 atom stereocenters. The lowest BCUT2D eigenvalue weighted by molar-refractivity contribution is -0.121. The van der Waals surface area contributed by atoms with Crippen molar-refractivity contribution in [2.24, 2.45) is 5.41 Å². The Morgan fingerprint density at radius 2 is 2.17 bits per heavy atom. The molecular formula is C14H14N2O2. The Balaban J connectivity index is 1.88. The molecule has 0 bridgehead atoms. The number of hydrogen-bond acceptors (Lipinski definition) is 3. The van der Waals surface area contributed by atoms with Crippen LogP contribution in [0.2, 0.25) is 0 Å². The predicted molar refractivity (Wildman–Crippen MR) is 66.2 cm³/mol. The van der Waals surface area contributed by atoms with Crippen LogP contribution in [0.5, 0.6) is 5.75 Å². The van der Waals surface area contributed by atoms with E-state index in [4.69, 9.17) is 10.00 Å². The average Bonchev–Trinajstić information content (AvgIpc) is 3.14. The Morgan fingerprint density at radius 3 is 2.89 bits per heavy atom. The molecule has 1 saturated carbocycles. The lowest BCUT2D eigenvalue weighted by Gasteiger charge is -2.31. The number of carbonyl (C=O) groups is 1. The second-order valence-corrected chi connectivity index (χ2v) is 5.07. The molecule has 1 aliphatic heterocycles. The summed E-state index contributed by atoms with van der Waals surface area (Å²) in [6, 6.07) is 9.80. The first-order valence-corrected chi connectivity index (χ1v) is 6.13. The van der Waals surface area contributed by atoms with Crippen LogP contribution >= 0.6 is 0 Å². The van der Waals surface area contributed by atoms with Crippen molar-refractivity contribution in [3.63, 3.8) is 0 Å². The lowest BCUT2D eigenvalue weighted by Crippen LogP contribution is -2.42. The molecule has 0 spiro atoms. The minimum Gasteiger partial charge on any atom is -0.482 e. The first-order chi connectivity index (χ1) is 8.74. The van der Waals surface area contributed by atoms with Gasteiger partial charge in [-0.2, -0.15) is 5.26 Å². The molecule has 0 radical (unpaired) electrons. The summed E-state index contributed by atoms with van der Waals surface area (Å²) in [6.07, 6.45) is 2.60. The standard InChI is InChI=1S/C14H14N2O2/c15-8-7-14(5-6-14)10-16-11-3-1-2-4-12(11)18-9-13(16)17/h1-4H,5-7,9-10H2. The monoisotopic (exact) mass is 242 g/mol. The highest BCUT2D eigenvalue weighted by molar-refractivity contribution is 5.97. The molecule has 18 heavy (non-hydrogen) atoms. The average molecular weight is 242 g/mol. The summed E-state index contributed by atoms with van der Waals surface area (Å²) < 4.78 is 5.40. The van der Waals surface area contributed by atoms with E-state index >= 15 is 0 Å². The van der Waals surface area contributed by atoms with E-state index in [1.54, 1.807) is 4.90 Å². The van der Waals surface area contributed by atoms with Crippen LogP contribution in [0.3, 0.4) is 0 Å². The van der Waals surface area contributed by atoms with Gasteiger partial charge < -0.3 is 9.64 Å². The van der Waals surface area contributed by atoms with Gasteiger partial charge in [0.15, 0.2) is 6.61 Å². The molecule has 1 fully saturated rings. The third kappa shape index (κ3) is 1.82. The predicted octanol–water partition coefficient (Wildman–Crippen LogP) is 2.11. The van der Waals surface area contributed by atoms with Gasteiger partial charge >= 0.3 is 0 Å². The highest BCUT2D eigenvalue weighted by Gasteiger charge is 2.45. The topological polar surface area (TPSA) is 53.3 Å². The molecule has 4 heteroatoms. The quantitative estimate of drug-likeness (QED) is 0.815. The molecule has 1 aromatic carbocycles. The van der Waals surface area contributed by atoms with Crippen LogP contribution in [0.4, 0.5) is 5.69 Å². The number of rotatable bonds is 3. The third-order valence-corrected chi connectivity index (χ3v) is 3.71. The van der Waals surface area contributed by atoms with E-state index in [-0.39, 0.29) is 17.9 Å². The van der Waals surface area contributed by atoms with Gasteiger partial charge in [-0.15, -0.1) is 0 Å². The normalized spacial score (nSPS) is 19.7. The number of nitrogens with zero attached hydrogens (tertiary/aromatic N) is 2. The first kappa shape index (κ1) is 11.1. The second-order valence-electron chi connectivity index (χ2n) is 5.07. The van der Waals surface area contributed by atoms with E-state index in [0.29, 0.717) is 13.0 Å². The van der Waals surface area contributed by atoms with Crippen molar-refractivity contribution in [3.8, 4) is 11.8 Å². The number of benzene rings is 1. The van der Waals surface area contributed by atoms with E-state index in [1.165, 1.54) is 0 Å². The van der Waals surface area contributed by atoms with Crippen molar-refractivity contribution in [3.05, 3.63) is 24.3 Å². The summed E-state index contributed by atoms with van der Waals surface area (Å²) in [6.45, 7) is 0.736.